The van der Waals surface area contributed by atoms with Crippen molar-refractivity contribution in [1.29, 1.82) is 5.41 Å². The fourth-order valence-electron chi connectivity index (χ4n) is 4.08. The summed E-state index contributed by atoms with van der Waals surface area (Å²) >= 11 is 0. The Balaban J connectivity index is 1.81. The number of pyridine rings is 1. The molecule has 136 valence electrons. The van der Waals surface area contributed by atoms with E-state index in [-0.39, 0.29) is 17.4 Å². The number of anilines is 3. The van der Waals surface area contributed by atoms with Crippen molar-refractivity contribution < 1.29 is 4.39 Å². The van der Waals surface area contributed by atoms with E-state index < -0.39 is 0 Å². The number of nitrogens with zero attached hydrogens (tertiary/aromatic N) is 2. The van der Waals surface area contributed by atoms with Gasteiger partial charge in [0.05, 0.1) is 33.8 Å². The molecular formula is C20H18FN5O. The molecule has 0 spiro atoms. The lowest BCUT2D eigenvalue weighted by atomic mass is 9.97. The summed E-state index contributed by atoms with van der Waals surface area (Å²) in [5.74, 6) is -0.282. The van der Waals surface area contributed by atoms with Crippen molar-refractivity contribution in [2.45, 2.75) is 12.5 Å². The van der Waals surface area contributed by atoms with Gasteiger partial charge in [0.25, 0.3) is 5.56 Å². The lowest BCUT2D eigenvalue weighted by Crippen LogP contribution is -2.31. The van der Waals surface area contributed by atoms with Gasteiger partial charge in [-0.2, -0.15) is 0 Å². The molecule has 2 aliphatic heterocycles. The van der Waals surface area contributed by atoms with Gasteiger partial charge < -0.3 is 15.3 Å². The van der Waals surface area contributed by atoms with E-state index in [1.165, 1.54) is 16.7 Å². The van der Waals surface area contributed by atoms with Crippen LogP contribution in [-0.4, -0.2) is 11.1 Å². The molecule has 1 aromatic heterocycles. The second-order valence-corrected chi connectivity index (χ2v) is 6.97. The Morgan fingerprint density at radius 1 is 1.22 bits per heavy atom. The third-order valence-corrected chi connectivity index (χ3v) is 5.37. The fraction of sp³-hybridized carbons (Fsp3) is 0.200. The quantitative estimate of drug-likeness (QED) is 0.622. The Hall–Kier alpha value is -3.35. The number of aryl methyl sites for hydroxylation is 1. The van der Waals surface area contributed by atoms with Crippen LogP contribution >= 0.6 is 0 Å². The highest BCUT2D eigenvalue weighted by Crippen LogP contribution is 2.46. The number of aromatic nitrogens is 1. The van der Waals surface area contributed by atoms with Gasteiger partial charge in [-0.25, -0.2) is 4.39 Å². The molecule has 27 heavy (non-hydrogen) atoms. The van der Waals surface area contributed by atoms with Gasteiger partial charge in [-0.15, -0.1) is 0 Å². The van der Waals surface area contributed by atoms with Gasteiger partial charge in [0.15, 0.2) is 0 Å². The third kappa shape index (κ3) is 2.24. The van der Waals surface area contributed by atoms with Crippen LogP contribution in [0.2, 0.25) is 0 Å². The van der Waals surface area contributed by atoms with Crippen LogP contribution in [0.25, 0.3) is 10.8 Å². The Morgan fingerprint density at radius 3 is 2.78 bits per heavy atom. The van der Waals surface area contributed by atoms with E-state index in [2.05, 4.69) is 10.7 Å². The van der Waals surface area contributed by atoms with Crippen molar-refractivity contribution in [3.05, 3.63) is 69.7 Å². The largest absolute Gasteiger partial charge is 0.384 e. The Kier molecular flexibility index (Phi) is 3.28. The smallest absolute Gasteiger partial charge is 0.260 e. The number of rotatable bonds is 1. The van der Waals surface area contributed by atoms with E-state index in [4.69, 9.17) is 5.41 Å². The molecule has 0 saturated carbocycles. The molecule has 0 saturated heterocycles. The summed E-state index contributed by atoms with van der Waals surface area (Å²) in [6, 6.07) is 9.91. The molecule has 5 rings (SSSR count). The van der Waals surface area contributed by atoms with Gasteiger partial charge in [0.2, 0.25) is 0 Å². The molecule has 3 N–H and O–H groups in total. The molecule has 7 heteroatoms. The summed E-state index contributed by atoms with van der Waals surface area (Å²) in [5, 5.41) is 15.3. The molecule has 0 radical (unpaired) electrons. The van der Waals surface area contributed by atoms with E-state index >= 15 is 0 Å². The third-order valence-electron chi connectivity index (χ3n) is 5.37. The number of nitrogens with one attached hydrogen (secondary N) is 3. The number of benzene rings is 1. The van der Waals surface area contributed by atoms with Crippen LogP contribution in [0.15, 0.2) is 47.4 Å². The molecule has 1 atom stereocenters. The van der Waals surface area contributed by atoms with Crippen LogP contribution in [0, 0.1) is 11.2 Å². The van der Waals surface area contributed by atoms with E-state index in [1.54, 1.807) is 31.4 Å². The first kappa shape index (κ1) is 15.9. The normalized spacial score (nSPS) is 17.4. The SMILES string of the molecule is Cn1ccc2c(=N)cc3c4c(c2c1=O)NCCC4N(c1ccc(F)cc1)N3. The molecule has 3 aromatic rings. The molecule has 2 aromatic carbocycles. The minimum absolute atomic E-state index is 0.00150. The first-order valence-electron chi connectivity index (χ1n) is 8.85. The zero-order chi connectivity index (χ0) is 18.7. The predicted octanol–water partition coefficient (Wildman–Crippen LogP) is 2.86. The van der Waals surface area contributed by atoms with Crippen LogP contribution in [-0.2, 0) is 7.05 Å². The van der Waals surface area contributed by atoms with Crippen molar-refractivity contribution in [3.8, 4) is 0 Å². The van der Waals surface area contributed by atoms with Crippen molar-refractivity contribution >= 4 is 27.8 Å². The van der Waals surface area contributed by atoms with E-state index in [0.717, 1.165) is 29.0 Å². The molecule has 1 unspecified atom stereocenters. The van der Waals surface area contributed by atoms with Crippen molar-refractivity contribution in [1.82, 2.24) is 4.57 Å². The molecule has 2 aliphatic rings. The zero-order valence-electron chi connectivity index (χ0n) is 14.7. The van der Waals surface area contributed by atoms with Crippen LogP contribution in [0.5, 0.6) is 0 Å². The minimum Gasteiger partial charge on any atom is -0.384 e. The standard InChI is InChI=1S/C20H18FN5O/c1-25-9-7-13-14(22)10-15-18-16(6-8-23-19(18)17(13)20(25)27)26(24-15)12-4-2-11(21)3-5-12/h2-5,7,9-10,16,22-24H,6,8H2,1H3. The summed E-state index contributed by atoms with van der Waals surface area (Å²) in [5.41, 5.74) is 6.66. The summed E-state index contributed by atoms with van der Waals surface area (Å²) in [4.78, 5) is 12.9. The van der Waals surface area contributed by atoms with Crippen LogP contribution < -0.4 is 26.7 Å². The molecule has 0 amide bonds. The maximum Gasteiger partial charge on any atom is 0.260 e. The predicted molar refractivity (Wildman–Crippen MR) is 103 cm³/mol. The van der Waals surface area contributed by atoms with Gasteiger partial charge in [-0.3, -0.25) is 15.2 Å². The van der Waals surface area contributed by atoms with Crippen LogP contribution in [0.4, 0.5) is 21.5 Å². The number of hydrogen-bond donors (Lipinski definition) is 3. The highest BCUT2D eigenvalue weighted by molar-refractivity contribution is 5.97. The zero-order valence-corrected chi connectivity index (χ0v) is 14.7. The van der Waals surface area contributed by atoms with E-state index in [9.17, 15) is 9.18 Å². The summed E-state index contributed by atoms with van der Waals surface area (Å²) < 4.78 is 14.9. The summed E-state index contributed by atoms with van der Waals surface area (Å²) in [7, 11) is 1.72. The minimum atomic E-state index is -0.282. The van der Waals surface area contributed by atoms with Crippen LogP contribution in [0.1, 0.15) is 18.0 Å². The first-order chi connectivity index (χ1) is 13.0. The average Bonchev–Trinajstić information content (AvgIpc) is 2.97. The molecule has 6 nitrogen and oxygen atoms in total. The van der Waals surface area contributed by atoms with Gasteiger partial charge in [-0.1, -0.05) is 0 Å². The molecule has 3 heterocycles. The van der Waals surface area contributed by atoms with Gasteiger partial charge in [0.1, 0.15) is 5.82 Å². The Bertz CT molecular complexity index is 1200. The molecular weight excluding hydrogens is 345 g/mol. The number of fused-ring (bicyclic) bond motifs is 2. The topological polar surface area (TPSA) is 73.2 Å². The van der Waals surface area contributed by atoms with E-state index in [0.29, 0.717) is 22.7 Å². The highest BCUT2D eigenvalue weighted by Gasteiger charge is 2.36. The van der Waals surface area contributed by atoms with Gasteiger partial charge >= 0.3 is 0 Å². The number of hydrogen-bond acceptors (Lipinski definition) is 5. The average molecular weight is 363 g/mol. The fourth-order valence-corrected chi connectivity index (χ4v) is 4.08. The second kappa shape index (κ2) is 5.57. The Morgan fingerprint density at radius 2 is 2.00 bits per heavy atom. The maximum absolute atomic E-state index is 13.3. The summed E-state index contributed by atoms with van der Waals surface area (Å²) in [6.07, 6.45) is 2.52. The lowest BCUT2D eigenvalue weighted by Gasteiger charge is -2.30. The highest BCUT2D eigenvalue weighted by atomic mass is 19.1. The first-order valence-corrected chi connectivity index (χ1v) is 8.85. The molecule has 0 aliphatic carbocycles. The van der Waals surface area contributed by atoms with E-state index in [1.807, 2.05) is 11.1 Å². The Labute approximate surface area is 154 Å². The van der Waals surface area contributed by atoms with Crippen LogP contribution in [0.3, 0.4) is 0 Å². The number of hydrazine groups is 1. The lowest BCUT2D eigenvalue weighted by molar-refractivity contribution is 0.623. The monoisotopic (exact) mass is 363 g/mol. The van der Waals surface area contributed by atoms with Crippen molar-refractivity contribution in [3.63, 3.8) is 0 Å². The molecule has 0 bridgehead atoms. The second-order valence-electron chi connectivity index (χ2n) is 6.97. The van der Waals surface area contributed by atoms with Gasteiger partial charge in [0, 0.05) is 30.7 Å². The molecule has 0 fully saturated rings. The maximum atomic E-state index is 13.3. The summed E-state index contributed by atoms with van der Waals surface area (Å²) in [6.45, 7) is 0.709. The van der Waals surface area contributed by atoms with Crippen molar-refractivity contribution in [2.75, 3.05) is 22.3 Å². The number of halogens is 1. The van der Waals surface area contributed by atoms with Gasteiger partial charge in [-0.05, 0) is 42.8 Å². The van der Waals surface area contributed by atoms with Crippen molar-refractivity contribution in [2.24, 2.45) is 7.05 Å².